The van der Waals surface area contributed by atoms with Crippen molar-refractivity contribution in [3.63, 3.8) is 0 Å². The Morgan fingerprint density at radius 3 is 2.88 bits per heavy atom. The zero-order valence-electron chi connectivity index (χ0n) is 10.3. The van der Waals surface area contributed by atoms with Crippen LogP contribution in [0.2, 0.25) is 0 Å². The molecule has 1 fully saturated rings. The summed E-state index contributed by atoms with van der Waals surface area (Å²) in [5.74, 6) is 6.81. The number of nitrogens with two attached hydrogens (primary N) is 1. The van der Waals surface area contributed by atoms with Gasteiger partial charge in [-0.15, -0.1) is 0 Å². The molecule has 1 aliphatic carbocycles. The van der Waals surface area contributed by atoms with E-state index in [1.807, 2.05) is 6.07 Å². The van der Waals surface area contributed by atoms with Gasteiger partial charge in [0.15, 0.2) is 0 Å². The Hall–Kier alpha value is -0.930. The molecule has 1 aliphatic rings. The summed E-state index contributed by atoms with van der Waals surface area (Å²) in [4.78, 5) is 0. The molecule has 0 amide bonds. The molecule has 3 N–H and O–H groups in total. The van der Waals surface area contributed by atoms with Gasteiger partial charge in [0, 0.05) is 6.04 Å². The van der Waals surface area contributed by atoms with Gasteiger partial charge in [-0.3, -0.25) is 11.3 Å². The van der Waals surface area contributed by atoms with Gasteiger partial charge in [0.2, 0.25) is 0 Å². The molecule has 0 saturated heterocycles. The van der Waals surface area contributed by atoms with Crippen molar-refractivity contribution >= 4 is 0 Å². The van der Waals surface area contributed by atoms with Crippen LogP contribution in [0.25, 0.3) is 0 Å². The molecule has 1 saturated carbocycles. The van der Waals surface area contributed by atoms with E-state index >= 15 is 0 Å². The number of halogens is 1. The number of hydrogen-bond acceptors (Lipinski definition) is 2. The summed E-state index contributed by atoms with van der Waals surface area (Å²) in [5, 5.41) is 0. The van der Waals surface area contributed by atoms with Gasteiger partial charge in [-0.1, -0.05) is 31.9 Å². The topological polar surface area (TPSA) is 38.0 Å². The van der Waals surface area contributed by atoms with E-state index in [-0.39, 0.29) is 11.9 Å². The van der Waals surface area contributed by atoms with Gasteiger partial charge in [0.05, 0.1) is 0 Å². The fraction of sp³-hybridized carbons (Fsp3) is 0.571. The highest BCUT2D eigenvalue weighted by Crippen LogP contribution is 2.40. The molecule has 3 atom stereocenters. The Morgan fingerprint density at radius 2 is 2.29 bits per heavy atom. The van der Waals surface area contributed by atoms with Crippen LogP contribution < -0.4 is 11.3 Å². The summed E-state index contributed by atoms with van der Waals surface area (Å²) >= 11 is 0. The highest BCUT2D eigenvalue weighted by molar-refractivity contribution is 5.21. The molecule has 0 aromatic heterocycles. The number of benzene rings is 1. The van der Waals surface area contributed by atoms with Crippen molar-refractivity contribution in [1.29, 1.82) is 0 Å². The predicted octanol–water partition coefficient (Wildman–Crippen LogP) is 3.16. The average molecular weight is 236 g/mol. The van der Waals surface area contributed by atoms with Crippen LogP contribution in [0.3, 0.4) is 0 Å². The molecule has 0 spiro atoms. The molecule has 3 unspecified atom stereocenters. The average Bonchev–Trinajstić information content (AvgIpc) is 2.79. The van der Waals surface area contributed by atoms with Crippen LogP contribution in [-0.2, 0) is 0 Å². The normalized spacial score (nSPS) is 26.1. The van der Waals surface area contributed by atoms with E-state index in [4.69, 9.17) is 5.84 Å². The monoisotopic (exact) mass is 236 g/mol. The Balaban J connectivity index is 2.11. The van der Waals surface area contributed by atoms with E-state index in [0.29, 0.717) is 5.92 Å². The minimum Gasteiger partial charge on any atom is -0.271 e. The van der Waals surface area contributed by atoms with Crippen molar-refractivity contribution in [2.75, 3.05) is 0 Å². The third-order valence-electron chi connectivity index (χ3n) is 4.02. The van der Waals surface area contributed by atoms with Crippen molar-refractivity contribution in [2.45, 2.75) is 38.6 Å². The lowest BCUT2D eigenvalue weighted by Crippen LogP contribution is -2.32. The lowest BCUT2D eigenvalue weighted by atomic mass is 9.91. The third kappa shape index (κ3) is 2.85. The summed E-state index contributed by atoms with van der Waals surface area (Å²) in [7, 11) is 0. The molecule has 0 radical (unpaired) electrons. The molecule has 94 valence electrons. The van der Waals surface area contributed by atoms with Crippen molar-refractivity contribution in [3.05, 3.63) is 35.6 Å². The SMILES string of the molecule is CCC1CCC(C(NN)c2cccc(F)c2)C1. The third-order valence-corrected chi connectivity index (χ3v) is 4.02. The van der Waals surface area contributed by atoms with E-state index in [1.54, 1.807) is 12.1 Å². The summed E-state index contributed by atoms with van der Waals surface area (Å²) in [6.07, 6.45) is 4.89. The Labute approximate surface area is 102 Å². The zero-order valence-corrected chi connectivity index (χ0v) is 10.3. The summed E-state index contributed by atoms with van der Waals surface area (Å²) in [6, 6.07) is 6.85. The number of hydrazine groups is 1. The van der Waals surface area contributed by atoms with E-state index < -0.39 is 0 Å². The first-order chi connectivity index (χ1) is 8.24. The summed E-state index contributed by atoms with van der Waals surface area (Å²) in [5.41, 5.74) is 3.83. The number of nitrogens with one attached hydrogen (secondary N) is 1. The lowest BCUT2D eigenvalue weighted by Gasteiger charge is -2.23. The zero-order chi connectivity index (χ0) is 12.3. The second-order valence-electron chi connectivity index (χ2n) is 5.05. The second kappa shape index (κ2) is 5.61. The molecule has 3 heteroatoms. The fourth-order valence-corrected chi connectivity index (χ4v) is 2.99. The minimum atomic E-state index is -0.187. The molecule has 0 heterocycles. The highest BCUT2D eigenvalue weighted by atomic mass is 19.1. The number of hydrogen-bond donors (Lipinski definition) is 2. The molecular weight excluding hydrogens is 215 g/mol. The fourth-order valence-electron chi connectivity index (χ4n) is 2.99. The van der Waals surface area contributed by atoms with Crippen LogP contribution in [-0.4, -0.2) is 0 Å². The van der Waals surface area contributed by atoms with Gasteiger partial charge >= 0.3 is 0 Å². The second-order valence-corrected chi connectivity index (χ2v) is 5.05. The van der Waals surface area contributed by atoms with Crippen LogP contribution in [0, 0.1) is 17.7 Å². The first-order valence-electron chi connectivity index (χ1n) is 6.46. The predicted molar refractivity (Wildman–Crippen MR) is 67.6 cm³/mol. The van der Waals surface area contributed by atoms with Gasteiger partial charge in [-0.25, -0.2) is 4.39 Å². The molecule has 1 aromatic carbocycles. The maximum Gasteiger partial charge on any atom is 0.123 e. The Bertz CT molecular complexity index is 367. The van der Waals surface area contributed by atoms with E-state index in [2.05, 4.69) is 12.3 Å². The summed E-state index contributed by atoms with van der Waals surface area (Å²) in [6.45, 7) is 2.24. The minimum absolute atomic E-state index is 0.0854. The van der Waals surface area contributed by atoms with Gasteiger partial charge in [0.25, 0.3) is 0 Å². The quantitative estimate of drug-likeness (QED) is 0.622. The van der Waals surface area contributed by atoms with E-state index in [1.165, 1.54) is 31.7 Å². The van der Waals surface area contributed by atoms with E-state index in [9.17, 15) is 4.39 Å². The van der Waals surface area contributed by atoms with E-state index in [0.717, 1.165) is 11.5 Å². The van der Waals surface area contributed by atoms with Crippen molar-refractivity contribution in [2.24, 2.45) is 17.7 Å². The van der Waals surface area contributed by atoms with Crippen LogP contribution in [0.1, 0.15) is 44.2 Å². The van der Waals surface area contributed by atoms with Gasteiger partial charge in [-0.2, -0.15) is 0 Å². The largest absolute Gasteiger partial charge is 0.271 e. The molecular formula is C14H21FN2. The van der Waals surface area contributed by atoms with Gasteiger partial charge < -0.3 is 0 Å². The molecule has 2 nitrogen and oxygen atoms in total. The smallest absolute Gasteiger partial charge is 0.123 e. The van der Waals surface area contributed by atoms with Gasteiger partial charge in [-0.05, 0) is 42.4 Å². The van der Waals surface area contributed by atoms with Crippen LogP contribution >= 0.6 is 0 Å². The summed E-state index contributed by atoms with van der Waals surface area (Å²) < 4.78 is 13.2. The van der Waals surface area contributed by atoms with Crippen LogP contribution in [0.15, 0.2) is 24.3 Å². The first kappa shape index (κ1) is 12.5. The van der Waals surface area contributed by atoms with Crippen molar-refractivity contribution in [3.8, 4) is 0 Å². The van der Waals surface area contributed by atoms with Crippen molar-refractivity contribution in [1.82, 2.24) is 5.43 Å². The molecule has 1 aromatic rings. The molecule has 2 rings (SSSR count). The van der Waals surface area contributed by atoms with Crippen LogP contribution in [0.4, 0.5) is 4.39 Å². The molecule has 17 heavy (non-hydrogen) atoms. The van der Waals surface area contributed by atoms with Gasteiger partial charge in [0.1, 0.15) is 5.82 Å². The van der Waals surface area contributed by atoms with Crippen LogP contribution in [0.5, 0.6) is 0 Å². The van der Waals surface area contributed by atoms with Crippen molar-refractivity contribution < 1.29 is 4.39 Å². The maximum atomic E-state index is 13.2. The standard InChI is InChI=1S/C14H21FN2/c1-2-10-6-7-12(8-10)14(17-16)11-4-3-5-13(15)9-11/h3-5,9-10,12,14,17H,2,6-8,16H2,1H3. The number of rotatable bonds is 4. The Morgan fingerprint density at radius 1 is 1.47 bits per heavy atom. The molecule has 0 bridgehead atoms. The Kier molecular flexibility index (Phi) is 4.13. The maximum absolute atomic E-state index is 13.2. The highest BCUT2D eigenvalue weighted by Gasteiger charge is 2.30. The molecule has 0 aliphatic heterocycles. The first-order valence-corrected chi connectivity index (χ1v) is 6.46. The lowest BCUT2D eigenvalue weighted by molar-refractivity contribution is 0.357.